The van der Waals surface area contributed by atoms with Gasteiger partial charge in [0.15, 0.2) is 0 Å². The molecule has 0 radical (unpaired) electrons. The van der Waals surface area contributed by atoms with Crippen LogP contribution >= 0.6 is 11.6 Å². The summed E-state index contributed by atoms with van der Waals surface area (Å²) in [6, 6.07) is 7.31. The predicted molar refractivity (Wildman–Crippen MR) is 140 cm³/mol. The number of hydrogen-bond acceptors (Lipinski definition) is 8. The van der Waals surface area contributed by atoms with Crippen LogP contribution in [0.2, 0.25) is 0 Å². The molecule has 2 bridgehead atoms. The van der Waals surface area contributed by atoms with Crippen molar-refractivity contribution in [2.24, 2.45) is 23.7 Å². The van der Waals surface area contributed by atoms with Crippen LogP contribution in [0.25, 0.3) is 0 Å². The maximum atomic E-state index is 13.4. The number of ether oxygens (including phenoxy) is 1. The fraction of sp³-hybridized carbons (Fsp3) is 0.536. The van der Waals surface area contributed by atoms with Crippen molar-refractivity contribution in [3.63, 3.8) is 0 Å². The summed E-state index contributed by atoms with van der Waals surface area (Å²) in [4.78, 5) is 77.2. The van der Waals surface area contributed by atoms with Crippen LogP contribution in [0.15, 0.2) is 42.5 Å². The van der Waals surface area contributed by atoms with Gasteiger partial charge in [0, 0.05) is 6.54 Å². The van der Waals surface area contributed by atoms with E-state index < -0.39 is 58.8 Å². The van der Waals surface area contributed by atoms with Crippen LogP contribution in [0.3, 0.4) is 0 Å². The van der Waals surface area contributed by atoms with Crippen molar-refractivity contribution in [2.45, 2.75) is 64.3 Å². The highest BCUT2D eigenvalue weighted by Gasteiger charge is 2.61. The van der Waals surface area contributed by atoms with E-state index in [2.05, 4.69) is 0 Å². The number of fused-ring (bicyclic) bond motifs is 5. The van der Waals surface area contributed by atoms with Crippen molar-refractivity contribution in [3.05, 3.63) is 48.0 Å². The summed E-state index contributed by atoms with van der Waals surface area (Å²) in [7, 11) is 0. The van der Waals surface area contributed by atoms with E-state index in [4.69, 9.17) is 26.0 Å². The van der Waals surface area contributed by atoms with E-state index in [1.54, 1.807) is 20.8 Å². The molecule has 2 heterocycles. The molecule has 5 rings (SSSR count). The highest BCUT2D eigenvalue weighted by atomic mass is 35.5. The number of likely N-dealkylation sites (tertiary alicyclic amines) is 1. The van der Waals surface area contributed by atoms with Gasteiger partial charge in [-0.25, -0.2) is 14.7 Å². The van der Waals surface area contributed by atoms with Gasteiger partial charge in [-0.2, -0.15) is 0 Å². The summed E-state index contributed by atoms with van der Waals surface area (Å²) in [6.45, 7) is 4.95. The number of halogens is 1. The van der Waals surface area contributed by atoms with Crippen molar-refractivity contribution >= 4 is 40.8 Å². The normalized spacial score (nSPS) is 29.0. The van der Waals surface area contributed by atoms with Crippen LogP contribution in [-0.2, 0) is 35.4 Å². The Hall–Kier alpha value is -3.44. The molecule has 1 saturated carbocycles. The summed E-state index contributed by atoms with van der Waals surface area (Å²) in [6.07, 6.45) is 4.09. The molecule has 4 aliphatic rings. The molecule has 4 amide bonds. The van der Waals surface area contributed by atoms with Crippen molar-refractivity contribution < 1.29 is 38.4 Å². The Balaban J connectivity index is 1.31. The first-order valence-corrected chi connectivity index (χ1v) is 13.8. The van der Waals surface area contributed by atoms with E-state index in [9.17, 15) is 24.0 Å². The largest absolute Gasteiger partial charge is 0.444 e. The number of piperidine rings is 1. The standard InChI is InChI=1S/C28H32ClN3O8/c1-28(2,3)39-27(37)30-14-19(31(26(29)36)38-15-16-7-5-4-6-8-16)11-12-20(30)25(35)40-32-23(33)21-17-9-10-18(13-17)22(21)24(32)34/h4-10,17-22H,11-15H2,1-3H3/t17-,18+,19-,20+,21-,22+/m1/s1. The molecule has 1 aromatic rings. The Morgan fingerprint density at radius 2 is 1.62 bits per heavy atom. The molecule has 3 fully saturated rings. The molecule has 6 atom stereocenters. The molecule has 12 heteroatoms. The van der Waals surface area contributed by atoms with E-state index in [-0.39, 0.29) is 37.8 Å². The molecule has 214 valence electrons. The quantitative estimate of drug-likeness (QED) is 0.165. The fourth-order valence-electron chi connectivity index (χ4n) is 6.04. The molecule has 0 spiro atoms. The van der Waals surface area contributed by atoms with Gasteiger partial charge in [-0.05, 0) is 69.0 Å². The van der Waals surface area contributed by atoms with Gasteiger partial charge in [-0.3, -0.25) is 24.1 Å². The molecule has 0 unspecified atom stereocenters. The minimum absolute atomic E-state index is 0.0428. The summed E-state index contributed by atoms with van der Waals surface area (Å²) < 4.78 is 5.53. The average Bonchev–Trinajstić information content (AvgIpc) is 3.58. The maximum absolute atomic E-state index is 13.4. The fourth-order valence-corrected chi connectivity index (χ4v) is 6.23. The van der Waals surface area contributed by atoms with Crippen LogP contribution in [0, 0.1) is 23.7 Å². The molecule has 2 aliphatic carbocycles. The highest BCUT2D eigenvalue weighted by molar-refractivity contribution is 6.62. The second-order valence-electron chi connectivity index (χ2n) is 11.6. The molecule has 2 saturated heterocycles. The van der Waals surface area contributed by atoms with Gasteiger partial charge in [0.2, 0.25) is 0 Å². The van der Waals surface area contributed by atoms with E-state index in [0.29, 0.717) is 5.06 Å². The average molecular weight is 574 g/mol. The molecule has 0 aromatic heterocycles. The van der Waals surface area contributed by atoms with Crippen molar-refractivity contribution in [1.29, 1.82) is 0 Å². The third-order valence-electron chi connectivity index (χ3n) is 7.79. The Bertz CT molecular complexity index is 1200. The van der Waals surface area contributed by atoms with Crippen molar-refractivity contribution in [1.82, 2.24) is 15.0 Å². The number of imide groups is 1. The molecular weight excluding hydrogens is 542 g/mol. The van der Waals surface area contributed by atoms with Crippen LogP contribution < -0.4 is 0 Å². The number of allylic oxidation sites excluding steroid dienone is 2. The van der Waals surface area contributed by atoms with E-state index in [1.165, 1.54) is 0 Å². The van der Waals surface area contributed by atoms with Gasteiger partial charge in [0.25, 0.3) is 11.8 Å². The summed E-state index contributed by atoms with van der Waals surface area (Å²) >= 11 is 5.85. The van der Waals surface area contributed by atoms with Gasteiger partial charge in [0.1, 0.15) is 18.2 Å². The van der Waals surface area contributed by atoms with E-state index in [1.807, 2.05) is 42.5 Å². The number of hydrogen-bond donors (Lipinski definition) is 0. The number of hydroxylamine groups is 4. The van der Waals surface area contributed by atoms with Gasteiger partial charge < -0.3 is 9.57 Å². The third-order valence-corrected chi connectivity index (χ3v) is 7.95. The van der Waals surface area contributed by atoms with Gasteiger partial charge in [-0.15, -0.1) is 5.06 Å². The maximum Gasteiger partial charge on any atom is 0.411 e. The lowest BCUT2D eigenvalue weighted by Gasteiger charge is -2.41. The van der Waals surface area contributed by atoms with Crippen molar-refractivity contribution in [3.8, 4) is 0 Å². The number of nitrogens with zero attached hydrogens (tertiary/aromatic N) is 3. The topological polar surface area (TPSA) is 123 Å². The SMILES string of the molecule is CC(C)(C)OC(=O)N1C[C@H](N(OCc2ccccc2)C(=O)Cl)CC[C@H]1C(=O)ON1C(=O)[C@@H]2[C@H](C1=O)[C@@H]1C=C[C@H]2C1. The first-order chi connectivity index (χ1) is 18.9. The minimum Gasteiger partial charge on any atom is -0.444 e. The van der Waals surface area contributed by atoms with Gasteiger partial charge >= 0.3 is 17.4 Å². The number of rotatable bonds is 6. The zero-order chi connectivity index (χ0) is 28.8. The lowest BCUT2D eigenvalue weighted by molar-refractivity contribution is -0.205. The van der Waals surface area contributed by atoms with Crippen LogP contribution in [0.4, 0.5) is 9.59 Å². The minimum atomic E-state index is -1.16. The van der Waals surface area contributed by atoms with E-state index >= 15 is 0 Å². The lowest BCUT2D eigenvalue weighted by Crippen LogP contribution is -2.58. The van der Waals surface area contributed by atoms with Crippen LogP contribution in [0.5, 0.6) is 0 Å². The Labute approximate surface area is 236 Å². The highest BCUT2D eigenvalue weighted by Crippen LogP contribution is 2.52. The third kappa shape index (κ3) is 5.44. The van der Waals surface area contributed by atoms with E-state index in [0.717, 1.165) is 21.9 Å². The molecule has 40 heavy (non-hydrogen) atoms. The van der Waals surface area contributed by atoms with Crippen LogP contribution in [-0.4, -0.2) is 68.5 Å². The number of carbonyl (C=O) groups excluding carboxylic acids is 5. The smallest absolute Gasteiger partial charge is 0.411 e. The van der Waals surface area contributed by atoms with Crippen molar-refractivity contribution in [2.75, 3.05) is 6.54 Å². The predicted octanol–water partition coefficient (Wildman–Crippen LogP) is 3.81. The summed E-state index contributed by atoms with van der Waals surface area (Å²) in [5.41, 5.74) is -0.0745. The Morgan fingerprint density at radius 3 is 2.20 bits per heavy atom. The monoisotopic (exact) mass is 573 g/mol. The zero-order valence-corrected chi connectivity index (χ0v) is 23.3. The molecular formula is C28H32ClN3O8. The summed E-state index contributed by atoms with van der Waals surface area (Å²) in [5, 5.41) is 0.681. The first-order valence-electron chi connectivity index (χ1n) is 13.4. The number of carbonyl (C=O) groups is 5. The Kier molecular flexibility index (Phi) is 7.62. The first kappa shape index (κ1) is 28.1. The molecule has 2 aliphatic heterocycles. The van der Waals surface area contributed by atoms with Gasteiger partial charge in [0.05, 0.1) is 17.9 Å². The summed E-state index contributed by atoms with van der Waals surface area (Å²) in [5.74, 6) is -3.15. The number of amides is 4. The molecule has 1 aromatic carbocycles. The second kappa shape index (κ2) is 10.9. The molecule has 0 N–H and O–H groups in total. The van der Waals surface area contributed by atoms with Crippen LogP contribution in [0.1, 0.15) is 45.6 Å². The molecule has 11 nitrogen and oxygen atoms in total. The zero-order valence-electron chi connectivity index (χ0n) is 22.5. The van der Waals surface area contributed by atoms with Gasteiger partial charge in [-0.1, -0.05) is 42.5 Å². The lowest BCUT2D eigenvalue weighted by atomic mass is 9.85. The second-order valence-corrected chi connectivity index (χ2v) is 11.9. The number of benzene rings is 1. The Morgan fingerprint density at radius 1 is 1.00 bits per heavy atom.